The normalized spacial score (nSPS) is 10.9. The Balaban J connectivity index is 1.94. The maximum atomic E-state index is 12.8. The van der Waals surface area contributed by atoms with E-state index < -0.39 is 0 Å². The molecule has 7 heteroatoms. The van der Waals surface area contributed by atoms with Gasteiger partial charge in [-0.05, 0) is 36.8 Å². The van der Waals surface area contributed by atoms with Crippen molar-refractivity contribution in [2.45, 2.75) is 25.0 Å². The van der Waals surface area contributed by atoms with Crippen LogP contribution in [-0.2, 0) is 6.54 Å². The van der Waals surface area contributed by atoms with Gasteiger partial charge in [-0.3, -0.25) is 14.2 Å². The molecule has 0 bridgehead atoms. The molecule has 0 aliphatic carbocycles. The van der Waals surface area contributed by atoms with E-state index in [0.717, 1.165) is 6.42 Å². The van der Waals surface area contributed by atoms with Crippen LogP contribution >= 0.6 is 23.4 Å². The summed E-state index contributed by atoms with van der Waals surface area (Å²) in [5.41, 5.74) is 0.929. The van der Waals surface area contributed by atoms with Crippen LogP contribution in [0.15, 0.2) is 52.4 Å². The van der Waals surface area contributed by atoms with E-state index in [1.807, 2.05) is 13.0 Å². The second kappa shape index (κ2) is 8.59. The Morgan fingerprint density at radius 3 is 2.78 bits per heavy atom. The monoisotopic (exact) mass is 402 g/mol. The van der Waals surface area contributed by atoms with Crippen LogP contribution in [0.4, 0.5) is 0 Å². The van der Waals surface area contributed by atoms with Gasteiger partial charge < -0.3 is 4.74 Å². The van der Waals surface area contributed by atoms with E-state index in [2.05, 4.69) is 4.98 Å². The van der Waals surface area contributed by atoms with Gasteiger partial charge >= 0.3 is 0 Å². The predicted molar refractivity (Wildman–Crippen MR) is 109 cm³/mol. The van der Waals surface area contributed by atoms with E-state index in [9.17, 15) is 9.59 Å². The number of methoxy groups -OCH3 is 1. The lowest BCUT2D eigenvalue weighted by Crippen LogP contribution is -2.23. The van der Waals surface area contributed by atoms with Gasteiger partial charge in [-0.15, -0.1) is 0 Å². The molecule has 1 aromatic heterocycles. The third-order valence-corrected chi connectivity index (χ3v) is 5.28. The number of ketones is 1. The third kappa shape index (κ3) is 4.17. The van der Waals surface area contributed by atoms with Crippen LogP contribution in [0, 0.1) is 0 Å². The molecule has 0 saturated heterocycles. The first-order valence-electron chi connectivity index (χ1n) is 8.54. The van der Waals surface area contributed by atoms with Gasteiger partial charge in [0, 0.05) is 11.6 Å². The number of aromatic nitrogens is 2. The average molecular weight is 403 g/mol. The van der Waals surface area contributed by atoms with Crippen LogP contribution in [0.2, 0.25) is 5.02 Å². The van der Waals surface area contributed by atoms with Gasteiger partial charge in [0.25, 0.3) is 5.56 Å². The highest BCUT2D eigenvalue weighted by Gasteiger charge is 2.16. The van der Waals surface area contributed by atoms with Gasteiger partial charge in [0.1, 0.15) is 5.75 Å². The molecule has 1 heterocycles. The standard InChI is InChI=1S/C20H19ClN2O3S/c1-3-10-23-19(25)14-9-8-13(21)11-16(14)22-20(23)27-12-17(24)15-6-4-5-7-18(15)26-2/h4-9,11H,3,10,12H2,1-2H3. The lowest BCUT2D eigenvalue weighted by molar-refractivity contribution is 0.101. The highest BCUT2D eigenvalue weighted by atomic mass is 35.5. The first kappa shape index (κ1) is 19.5. The fraction of sp³-hybridized carbons (Fsp3) is 0.250. The minimum atomic E-state index is -0.120. The molecule has 0 radical (unpaired) electrons. The third-order valence-electron chi connectivity index (χ3n) is 4.07. The van der Waals surface area contributed by atoms with E-state index in [-0.39, 0.29) is 17.1 Å². The number of Topliss-reactive ketones (excluding diaryl/α,β-unsaturated/α-hetero) is 1. The first-order chi connectivity index (χ1) is 13.0. The van der Waals surface area contributed by atoms with Crippen molar-refractivity contribution < 1.29 is 9.53 Å². The summed E-state index contributed by atoms with van der Waals surface area (Å²) in [5, 5.41) is 1.55. The first-order valence-corrected chi connectivity index (χ1v) is 9.90. The zero-order chi connectivity index (χ0) is 19.4. The van der Waals surface area contributed by atoms with E-state index in [0.29, 0.717) is 38.9 Å². The van der Waals surface area contributed by atoms with Crippen LogP contribution in [0.1, 0.15) is 23.7 Å². The Labute approximate surface area is 166 Å². The molecule has 3 rings (SSSR count). The van der Waals surface area contributed by atoms with Gasteiger partial charge in [-0.25, -0.2) is 4.98 Å². The molecular formula is C20H19ClN2O3S. The van der Waals surface area contributed by atoms with Crippen LogP contribution in [0.3, 0.4) is 0 Å². The molecule has 140 valence electrons. The number of hydrogen-bond donors (Lipinski definition) is 0. The second-order valence-corrected chi connectivity index (χ2v) is 7.30. The van der Waals surface area contributed by atoms with Gasteiger partial charge in [-0.1, -0.05) is 42.4 Å². The van der Waals surface area contributed by atoms with Crippen molar-refractivity contribution in [3.63, 3.8) is 0 Å². The summed E-state index contributed by atoms with van der Waals surface area (Å²) in [6.07, 6.45) is 0.786. The molecular weight excluding hydrogens is 384 g/mol. The van der Waals surface area contributed by atoms with Gasteiger partial charge in [0.15, 0.2) is 10.9 Å². The number of ether oxygens (including phenoxy) is 1. The largest absolute Gasteiger partial charge is 0.496 e. The van der Waals surface area contributed by atoms with E-state index >= 15 is 0 Å². The molecule has 3 aromatic rings. The summed E-state index contributed by atoms with van der Waals surface area (Å²) >= 11 is 7.29. The number of hydrogen-bond acceptors (Lipinski definition) is 5. The van der Waals surface area contributed by atoms with Crippen LogP contribution < -0.4 is 10.3 Å². The number of carbonyl (C=O) groups excluding carboxylic acids is 1. The molecule has 0 N–H and O–H groups in total. The van der Waals surface area contributed by atoms with Crippen molar-refractivity contribution in [1.82, 2.24) is 9.55 Å². The Kier molecular flexibility index (Phi) is 6.19. The molecule has 0 saturated carbocycles. The number of carbonyl (C=O) groups is 1. The van der Waals surface area contributed by atoms with Crippen molar-refractivity contribution in [2.24, 2.45) is 0 Å². The Morgan fingerprint density at radius 2 is 2.04 bits per heavy atom. The molecule has 0 amide bonds. The Bertz CT molecular complexity index is 1050. The molecule has 2 aromatic carbocycles. The number of thioether (sulfide) groups is 1. The highest BCUT2D eigenvalue weighted by Crippen LogP contribution is 2.24. The maximum absolute atomic E-state index is 12.8. The summed E-state index contributed by atoms with van der Waals surface area (Å²) < 4.78 is 6.88. The Morgan fingerprint density at radius 1 is 1.26 bits per heavy atom. The molecule has 0 aliphatic rings. The van der Waals surface area contributed by atoms with Crippen LogP contribution in [-0.4, -0.2) is 28.2 Å². The van der Waals surface area contributed by atoms with Gasteiger partial charge in [0.2, 0.25) is 0 Å². The quantitative estimate of drug-likeness (QED) is 0.332. The van der Waals surface area contributed by atoms with Crippen LogP contribution in [0.5, 0.6) is 5.75 Å². The maximum Gasteiger partial charge on any atom is 0.262 e. The van der Waals surface area contributed by atoms with Crippen molar-refractivity contribution >= 4 is 40.0 Å². The fourth-order valence-corrected chi connectivity index (χ4v) is 3.86. The number of rotatable bonds is 7. The lowest BCUT2D eigenvalue weighted by atomic mass is 10.1. The zero-order valence-electron chi connectivity index (χ0n) is 15.1. The lowest BCUT2D eigenvalue weighted by Gasteiger charge is -2.12. The van der Waals surface area contributed by atoms with Gasteiger partial charge in [0.05, 0.1) is 29.3 Å². The summed E-state index contributed by atoms with van der Waals surface area (Å²) in [5.74, 6) is 0.607. The minimum absolute atomic E-state index is 0.0825. The van der Waals surface area contributed by atoms with Crippen molar-refractivity contribution in [3.8, 4) is 5.75 Å². The Hall–Kier alpha value is -2.31. The van der Waals surface area contributed by atoms with Gasteiger partial charge in [-0.2, -0.15) is 0 Å². The number of nitrogens with zero attached hydrogens (tertiary/aromatic N) is 2. The van der Waals surface area contributed by atoms with Crippen molar-refractivity contribution in [1.29, 1.82) is 0 Å². The fourth-order valence-electron chi connectivity index (χ4n) is 2.79. The number of halogens is 1. The molecule has 0 fully saturated rings. The molecule has 27 heavy (non-hydrogen) atoms. The number of benzene rings is 2. The van der Waals surface area contributed by atoms with E-state index in [1.165, 1.54) is 18.9 Å². The molecule has 5 nitrogen and oxygen atoms in total. The number of fused-ring (bicyclic) bond motifs is 1. The van der Waals surface area contributed by atoms with E-state index in [1.54, 1.807) is 41.0 Å². The predicted octanol–water partition coefficient (Wildman–Crippen LogP) is 4.44. The second-order valence-electron chi connectivity index (χ2n) is 5.92. The summed E-state index contributed by atoms with van der Waals surface area (Å²) in [4.78, 5) is 30.0. The smallest absolute Gasteiger partial charge is 0.262 e. The molecule has 0 atom stereocenters. The summed E-state index contributed by atoms with van der Waals surface area (Å²) in [6.45, 7) is 2.53. The van der Waals surface area contributed by atoms with Crippen molar-refractivity contribution in [2.75, 3.05) is 12.9 Å². The molecule has 0 unspecified atom stereocenters. The summed E-state index contributed by atoms with van der Waals surface area (Å²) in [7, 11) is 1.53. The average Bonchev–Trinajstić information content (AvgIpc) is 2.68. The van der Waals surface area contributed by atoms with Crippen molar-refractivity contribution in [3.05, 3.63) is 63.4 Å². The summed E-state index contributed by atoms with van der Waals surface area (Å²) in [6, 6.07) is 12.1. The van der Waals surface area contributed by atoms with Crippen LogP contribution in [0.25, 0.3) is 10.9 Å². The zero-order valence-corrected chi connectivity index (χ0v) is 16.6. The number of para-hydroxylation sites is 1. The highest BCUT2D eigenvalue weighted by molar-refractivity contribution is 7.99. The minimum Gasteiger partial charge on any atom is -0.496 e. The van der Waals surface area contributed by atoms with E-state index in [4.69, 9.17) is 16.3 Å². The topological polar surface area (TPSA) is 61.2 Å². The SMILES string of the molecule is CCCn1c(SCC(=O)c2ccccc2OC)nc2cc(Cl)ccc2c1=O. The molecule has 0 aliphatic heterocycles. The molecule has 0 spiro atoms.